The fourth-order valence-electron chi connectivity index (χ4n) is 2.70. The molecule has 3 aromatic rings. The predicted molar refractivity (Wildman–Crippen MR) is 96.1 cm³/mol. The average Bonchev–Trinajstić information content (AvgIpc) is 2.65. The van der Waals surface area contributed by atoms with Gasteiger partial charge in [0.1, 0.15) is 12.4 Å². The summed E-state index contributed by atoms with van der Waals surface area (Å²) in [6.07, 6.45) is 3.73. The van der Waals surface area contributed by atoms with Gasteiger partial charge in [0.15, 0.2) is 23.2 Å². The molecular formula is C21H17F3O2. The third-order valence-corrected chi connectivity index (χ3v) is 4.05. The highest BCUT2D eigenvalue weighted by molar-refractivity contribution is 5.90. The first-order valence-electron chi connectivity index (χ1n) is 8.05. The third-order valence-electron chi connectivity index (χ3n) is 4.05. The van der Waals surface area contributed by atoms with Gasteiger partial charge >= 0.3 is 0 Å². The molecule has 134 valence electrons. The number of allylic oxidation sites excluding steroid dienone is 1. The second-order valence-electron chi connectivity index (χ2n) is 5.64. The van der Waals surface area contributed by atoms with Crippen molar-refractivity contribution >= 4 is 10.8 Å². The Morgan fingerprint density at radius 3 is 2.31 bits per heavy atom. The maximum absolute atomic E-state index is 14.6. The molecular weight excluding hydrogens is 341 g/mol. The monoisotopic (exact) mass is 358 g/mol. The first kappa shape index (κ1) is 17.9. The van der Waals surface area contributed by atoms with E-state index in [-0.39, 0.29) is 16.7 Å². The highest BCUT2D eigenvalue weighted by Gasteiger charge is 2.19. The van der Waals surface area contributed by atoms with Crippen LogP contribution in [0.15, 0.2) is 54.6 Å². The van der Waals surface area contributed by atoms with E-state index in [0.717, 1.165) is 0 Å². The molecule has 26 heavy (non-hydrogen) atoms. The Bertz CT molecular complexity index is 963. The van der Waals surface area contributed by atoms with Crippen LogP contribution in [0.5, 0.6) is 11.5 Å². The second-order valence-corrected chi connectivity index (χ2v) is 5.64. The summed E-state index contributed by atoms with van der Waals surface area (Å²) in [7, 11) is 1.27. The van der Waals surface area contributed by atoms with Crippen LogP contribution in [0.3, 0.4) is 0 Å². The maximum Gasteiger partial charge on any atom is 0.175 e. The van der Waals surface area contributed by atoms with E-state index in [2.05, 4.69) is 0 Å². The largest absolute Gasteiger partial charge is 0.494 e. The number of methoxy groups -OCH3 is 1. The molecule has 0 aliphatic heterocycles. The predicted octanol–water partition coefficient (Wildman–Crippen LogP) is 5.89. The molecule has 0 saturated carbocycles. The first-order chi connectivity index (χ1) is 12.6. The van der Waals surface area contributed by atoms with Gasteiger partial charge < -0.3 is 9.47 Å². The first-order valence-corrected chi connectivity index (χ1v) is 8.05. The van der Waals surface area contributed by atoms with Gasteiger partial charge in [-0.2, -0.15) is 0 Å². The third kappa shape index (κ3) is 3.25. The summed E-state index contributed by atoms with van der Waals surface area (Å²) in [5, 5.41) is -0.164. The van der Waals surface area contributed by atoms with Crippen LogP contribution in [0.4, 0.5) is 13.2 Å². The van der Waals surface area contributed by atoms with Crippen molar-refractivity contribution in [1.82, 2.24) is 0 Å². The lowest BCUT2D eigenvalue weighted by atomic mass is 9.99. The van der Waals surface area contributed by atoms with E-state index in [0.29, 0.717) is 17.9 Å². The zero-order chi connectivity index (χ0) is 18.7. The van der Waals surface area contributed by atoms with Crippen LogP contribution in [0, 0.1) is 17.5 Å². The molecule has 0 heterocycles. The molecule has 0 aromatic heterocycles. The molecule has 0 saturated heterocycles. The Morgan fingerprint density at radius 2 is 1.65 bits per heavy atom. The summed E-state index contributed by atoms with van der Waals surface area (Å²) in [6, 6.07) is 10.9. The molecule has 0 atom stereocenters. The van der Waals surface area contributed by atoms with Crippen molar-refractivity contribution in [2.24, 2.45) is 0 Å². The van der Waals surface area contributed by atoms with Gasteiger partial charge in [-0.25, -0.2) is 13.2 Å². The van der Waals surface area contributed by atoms with E-state index in [1.54, 1.807) is 24.3 Å². The van der Waals surface area contributed by atoms with Gasteiger partial charge in [0.05, 0.1) is 12.5 Å². The van der Waals surface area contributed by atoms with Gasteiger partial charge in [0.2, 0.25) is 0 Å². The quantitative estimate of drug-likeness (QED) is 0.530. The van der Waals surface area contributed by atoms with Crippen LogP contribution in [-0.4, -0.2) is 13.7 Å². The van der Waals surface area contributed by atoms with Crippen molar-refractivity contribution in [2.45, 2.75) is 6.92 Å². The SMILES string of the molecule is CC=CCOc1ccc(-c2cc3ccc(OC)c(F)c3c(F)c2F)cc1. The van der Waals surface area contributed by atoms with Crippen LogP contribution < -0.4 is 9.47 Å². The van der Waals surface area contributed by atoms with Gasteiger partial charge in [0.25, 0.3) is 0 Å². The highest BCUT2D eigenvalue weighted by atomic mass is 19.2. The smallest absolute Gasteiger partial charge is 0.175 e. The van der Waals surface area contributed by atoms with Crippen molar-refractivity contribution in [3.63, 3.8) is 0 Å². The fraction of sp³-hybridized carbons (Fsp3) is 0.143. The normalized spacial score (nSPS) is 11.3. The van der Waals surface area contributed by atoms with Gasteiger partial charge in [-0.1, -0.05) is 30.4 Å². The summed E-state index contributed by atoms with van der Waals surface area (Å²) < 4.78 is 53.7. The van der Waals surface area contributed by atoms with E-state index in [1.165, 1.54) is 25.3 Å². The second kappa shape index (κ2) is 7.52. The Labute approximate surface area is 149 Å². The summed E-state index contributed by atoms with van der Waals surface area (Å²) in [5.74, 6) is -2.77. The minimum atomic E-state index is -1.23. The lowest BCUT2D eigenvalue weighted by Gasteiger charge is -2.11. The summed E-state index contributed by atoms with van der Waals surface area (Å²) in [4.78, 5) is 0. The van der Waals surface area contributed by atoms with E-state index >= 15 is 0 Å². The number of hydrogen-bond donors (Lipinski definition) is 0. The van der Waals surface area contributed by atoms with Gasteiger partial charge in [-0.3, -0.25) is 0 Å². The molecule has 3 rings (SSSR count). The van der Waals surface area contributed by atoms with Gasteiger partial charge in [-0.05, 0) is 42.1 Å². The van der Waals surface area contributed by atoms with Crippen LogP contribution in [-0.2, 0) is 0 Å². The van der Waals surface area contributed by atoms with Gasteiger partial charge in [-0.15, -0.1) is 0 Å². The Hall–Kier alpha value is -2.95. The molecule has 0 spiro atoms. The zero-order valence-electron chi connectivity index (χ0n) is 14.4. The highest BCUT2D eigenvalue weighted by Crippen LogP contribution is 2.35. The lowest BCUT2D eigenvalue weighted by Crippen LogP contribution is -1.97. The molecule has 2 nitrogen and oxygen atoms in total. The molecule has 0 fully saturated rings. The number of fused-ring (bicyclic) bond motifs is 1. The number of rotatable bonds is 5. The minimum Gasteiger partial charge on any atom is -0.494 e. The Balaban J connectivity index is 2.04. The molecule has 0 bridgehead atoms. The van der Waals surface area contributed by atoms with Crippen molar-refractivity contribution in [2.75, 3.05) is 13.7 Å². The molecule has 5 heteroatoms. The molecule has 3 aromatic carbocycles. The standard InChI is InChI=1S/C21H17F3O2/c1-3-4-11-26-15-8-5-13(6-9-15)16-12-14-7-10-17(25-2)20(23)18(14)21(24)19(16)22/h3-10,12H,11H2,1-2H3. The Kier molecular flexibility index (Phi) is 5.16. The van der Waals surface area contributed by atoms with Crippen molar-refractivity contribution in [1.29, 1.82) is 0 Å². The van der Waals surface area contributed by atoms with E-state index in [1.807, 2.05) is 19.1 Å². The number of ether oxygens (including phenoxy) is 2. The minimum absolute atomic E-state index is 0.0552. The zero-order valence-corrected chi connectivity index (χ0v) is 14.4. The van der Waals surface area contributed by atoms with E-state index < -0.39 is 22.8 Å². The van der Waals surface area contributed by atoms with E-state index in [4.69, 9.17) is 9.47 Å². The van der Waals surface area contributed by atoms with Crippen molar-refractivity contribution in [3.8, 4) is 22.6 Å². The Morgan fingerprint density at radius 1 is 0.923 bits per heavy atom. The van der Waals surface area contributed by atoms with Crippen LogP contribution in [0.25, 0.3) is 21.9 Å². The molecule has 0 aliphatic carbocycles. The molecule has 0 amide bonds. The topological polar surface area (TPSA) is 18.5 Å². The maximum atomic E-state index is 14.6. The molecule has 0 unspecified atom stereocenters. The van der Waals surface area contributed by atoms with E-state index in [9.17, 15) is 13.2 Å². The fourth-order valence-corrected chi connectivity index (χ4v) is 2.70. The number of hydrogen-bond acceptors (Lipinski definition) is 2. The summed E-state index contributed by atoms with van der Waals surface area (Å²) >= 11 is 0. The van der Waals surface area contributed by atoms with Crippen LogP contribution in [0.2, 0.25) is 0 Å². The van der Waals surface area contributed by atoms with Crippen LogP contribution >= 0.6 is 0 Å². The van der Waals surface area contributed by atoms with Crippen LogP contribution in [0.1, 0.15) is 6.92 Å². The summed E-state index contributed by atoms with van der Waals surface area (Å²) in [5.41, 5.74) is 0.525. The van der Waals surface area contributed by atoms with Crippen molar-refractivity contribution in [3.05, 3.63) is 72.1 Å². The average molecular weight is 358 g/mol. The summed E-state index contributed by atoms with van der Waals surface area (Å²) in [6.45, 7) is 2.32. The molecule has 0 N–H and O–H groups in total. The molecule has 0 radical (unpaired) electrons. The number of benzene rings is 3. The lowest BCUT2D eigenvalue weighted by molar-refractivity contribution is 0.363. The number of halogens is 3. The van der Waals surface area contributed by atoms with Crippen molar-refractivity contribution < 1.29 is 22.6 Å². The van der Waals surface area contributed by atoms with Gasteiger partial charge in [0, 0.05) is 5.56 Å². The molecule has 0 aliphatic rings.